The molecule has 0 aromatic heterocycles. The molecular weight excluding hydrogens is 117 g/mol. The van der Waals surface area contributed by atoms with Crippen molar-refractivity contribution in [2.24, 2.45) is 0 Å². The largest absolute Gasteiger partial charge is 0.469 e. The van der Waals surface area contributed by atoms with Gasteiger partial charge in [-0.15, -0.1) is 0 Å². The molecule has 3 nitrogen and oxygen atoms in total. The predicted molar refractivity (Wildman–Crippen MR) is 35.8 cm³/mol. The van der Waals surface area contributed by atoms with Crippen molar-refractivity contribution in [2.45, 2.75) is 31.7 Å². The van der Waals surface area contributed by atoms with E-state index in [0.29, 0.717) is 6.04 Å². The molecule has 9 heavy (non-hydrogen) atoms. The maximum atomic E-state index is 8.66. The summed E-state index contributed by atoms with van der Waals surface area (Å²) in [5, 5.41) is 20.4. The van der Waals surface area contributed by atoms with E-state index in [2.05, 4.69) is 5.32 Å². The Morgan fingerprint density at radius 1 is 1.44 bits per heavy atom. The number of hydrogen-bond donors (Lipinski definition) is 3. The summed E-state index contributed by atoms with van der Waals surface area (Å²) in [5.41, 5.74) is 0. The fraction of sp³-hybridized carbons (Fsp3) is 1.00. The van der Waals surface area contributed by atoms with Gasteiger partial charge in [-0.3, -0.25) is 0 Å². The van der Waals surface area contributed by atoms with Crippen molar-refractivity contribution in [3.8, 4) is 0 Å². The van der Waals surface area contributed by atoms with Crippen molar-refractivity contribution in [2.75, 3.05) is 0 Å². The van der Waals surface area contributed by atoms with Crippen LogP contribution in [-0.4, -0.2) is 29.1 Å². The van der Waals surface area contributed by atoms with Gasteiger partial charge in [-0.05, 0) is 19.8 Å². The molecule has 1 aliphatic rings. The molecule has 1 unspecified atom stereocenters. The monoisotopic (exact) mass is 129 g/mol. The van der Waals surface area contributed by atoms with Crippen LogP contribution in [0.3, 0.4) is 0 Å². The minimum absolute atomic E-state index is 0.0972. The van der Waals surface area contributed by atoms with Crippen LogP contribution >= 0.6 is 0 Å². The fourth-order valence-corrected chi connectivity index (χ4v) is 1.20. The molecule has 0 spiro atoms. The average molecular weight is 129 g/mol. The first-order valence-electron chi connectivity index (χ1n) is 3.32. The van der Waals surface area contributed by atoms with E-state index >= 15 is 0 Å². The van der Waals surface area contributed by atoms with Gasteiger partial charge in [-0.1, -0.05) is 0 Å². The molecule has 2 atom stereocenters. The molecule has 1 saturated heterocycles. The van der Waals surface area contributed by atoms with Crippen molar-refractivity contribution in [3.63, 3.8) is 0 Å². The molecule has 1 rings (SSSR count). The van der Waals surface area contributed by atoms with E-state index in [9.17, 15) is 0 Å². The van der Waals surface area contributed by atoms with Crippen LogP contribution in [0.25, 0.3) is 0 Å². The summed E-state index contributed by atoms with van der Waals surface area (Å²) in [4.78, 5) is 0. The zero-order chi connectivity index (χ0) is 6.85. The van der Waals surface area contributed by atoms with Crippen molar-refractivity contribution < 1.29 is 10.0 Å². The normalized spacial score (nSPS) is 35.0. The van der Waals surface area contributed by atoms with E-state index in [4.69, 9.17) is 10.0 Å². The SMILES string of the molecule is C[C@@H]1CCC(B(O)O)N1. The highest BCUT2D eigenvalue weighted by molar-refractivity contribution is 6.43. The van der Waals surface area contributed by atoms with Gasteiger partial charge in [0.1, 0.15) is 0 Å². The van der Waals surface area contributed by atoms with E-state index < -0.39 is 7.12 Å². The molecule has 4 heteroatoms. The maximum absolute atomic E-state index is 8.66. The molecule has 0 aromatic carbocycles. The highest BCUT2D eigenvalue weighted by Gasteiger charge is 2.29. The Bertz CT molecular complexity index is 99.0. The summed E-state index contributed by atoms with van der Waals surface area (Å²) in [5.74, 6) is -0.0972. The van der Waals surface area contributed by atoms with Gasteiger partial charge in [-0.2, -0.15) is 0 Å². The Balaban J connectivity index is 2.30. The van der Waals surface area contributed by atoms with Crippen molar-refractivity contribution in [3.05, 3.63) is 0 Å². The lowest BCUT2D eigenvalue weighted by Crippen LogP contribution is -2.40. The topological polar surface area (TPSA) is 52.5 Å². The number of nitrogens with one attached hydrogen (secondary N) is 1. The van der Waals surface area contributed by atoms with Crippen molar-refractivity contribution in [1.29, 1.82) is 0 Å². The van der Waals surface area contributed by atoms with Crippen LogP contribution in [0, 0.1) is 0 Å². The first-order valence-corrected chi connectivity index (χ1v) is 3.32. The molecule has 0 aromatic rings. The first-order chi connectivity index (χ1) is 4.20. The second-order valence-corrected chi connectivity index (χ2v) is 2.67. The fourth-order valence-electron chi connectivity index (χ4n) is 1.20. The summed E-state index contributed by atoms with van der Waals surface area (Å²) in [7, 11) is -1.19. The molecule has 52 valence electrons. The molecule has 1 aliphatic heterocycles. The quantitative estimate of drug-likeness (QED) is 0.403. The van der Waals surface area contributed by atoms with Gasteiger partial charge >= 0.3 is 7.12 Å². The summed E-state index contributed by atoms with van der Waals surface area (Å²) in [6, 6.07) is 0.441. The molecule has 0 amide bonds. The molecule has 3 N–H and O–H groups in total. The third-order valence-electron chi connectivity index (χ3n) is 1.77. The third kappa shape index (κ3) is 1.68. The lowest BCUT2D eigenvalue weighted by molar-refractivity contribution is 0.377. The van der Waals surface area contributed by atoms with Crippen LogP contribution in [0.4, 0.5) is 0 Å². The summed E-state index contributed by atoms with van der Waals surface area (Å²) >= 11 is 0. The van der Waals surface area contributed by atoms with Gasteiger partial charge < -0.3 is 15.4 Å². The highest BCUT2D eigenvalue weighted by atomic mass is 16.4. The third-order valence-corrected chi connectivity index (χ3v) is 1.77. The number of rotatable bonds is 1. The maximum Gasteiger partial charge on any atom is 0.469 e. The van der Waals surface area contributed by atoms with Crippen LogP contribution < -0.4 is 5.32 Å². The van der Waals surface area contributed by atoms with Crippen LogP contribution in [0.1, 0.15) is 19.8 Å². The molecule has 0 saturated carbocycles. The lowest BCUT2D eigenvalue weighted by Gasteiger charge is -2.08. The molecule has 0 radical (unpaired) electrons. The summed E-state index contributed by atoms with van der Waals surface area (Å²) in [6.45, 7) is 2.04. The molecule has 0 bridgehead atoms. The predicted octanol–water partition coefficient (Wildman–Crippen LogP) is -0.861. The van der Waals surface area contributed by atoms with Crippen LogP contribution in [-0.2, 0) is 0 Å². The van der Waals surface area contributed by atoms with E-state index in [0.717, 1.165) is 12.8 Å². The lowest BCUT2D eigenvalue weighted by atomic mass is 9.79. The van der Waals surface area contributed by atoms with Crippen molar-refractivity contribution >= 4 is 7.12 Å². The molecule has 1 heterocycles. The summed E-state index contributed by atoms with van der Waals surface area (Å²) in [6.07, 6.45) is 1.92. The Hall–Kier alpha value is -0.0551. The van der Waals surface area contributed by atoms with Gasteiger partial charge in [-0.25, -0.2) is 0 Å². The van der Waals surface area contributed by atoms with Crippen LogP contribution in [0.15, 0.2) is 0 Å². The van der Waals surface area contributed by atoms with Gasteiger partial charge in [0, 0.05) is 12.0 Å². The van der Waals surface area contributed by atoms with Gasteiger partial charge in [0.2, 0.25) is 0 Å². The van der Waals surface area contributed by atoms with Crippen molar-refractivity contribution in [1.82, 2.24) is 5.32 Å². The molecule has 0 aliphatic carbocycles. The van der Waals surface area contributed by atoms with E-state index in [-0.39, 0.29) is 5.94 Å². The Labute approximate surface area is 55.2 Å². The average Bonchev–Trinajstić information content (AvgIpc) is 2.14. The summed E-state index contributed by atoms with van der Waals surface area (Å²) < 4.78 is 0. The minimum Gasteiger partial charge on any atom is -0.426 e. The zero-order valence-electron chi connectivity index (χ0n) is 5.54. The second-order valence-electron chi connectivity index (χ2n) is 2.67. The Morgan fingerprint density at radius 3 is 2.33 bits per heavy atom. The Morgan fingerprint density at radius 2 is 2.11 bits per heavy atom. The van der Waals surface area contributed by atoms with Crippen LogP contribution in [0.2, 0.25) is 0 Å². The standard InChI is InChI=1S/C5H12BNO2/c1-4-2-3-5(7-4)6(8)9/h4-5,7-9H,2-3H2,1H3/t4-,5?/m1/s1. The number of hydrogen-bond acceptors (Lipinski definition) is 3. The Kier molecular flexibility index (Phi) is 2.11. The zero-order valence-corrected chi connectivity index (χ0v) is 5.54. The van der Waals surface area contributed by atoms with E-state index in [1.807, 2.05) is 6.92 Å². The molecular formula is C5H12BNO2. The van der Waals surface area contributed by atoms with Gasteiger partial charge in [0.05, 0.1) is 0 Å². The van der Waals surface area contributed by atoms with E-state index in [1.54, 1.807) is 0 Å². The van der Waals surface area contributed by atoms with Gasteiger partial charge in [0.15, 0.2) is 0 Å². The first kappa shape index (κ1) is 7.06. The second kappa shape index (κ2) is 2.69. The molecule has 1 fully saturated rings. The smallest absolute Gasteiger partial charge is 0.426 e. The van der Waals surface area contributed by atoms with Crippen LogP contribution in [0.5, 0.6) is 0 Å². The van der Waals surface area contributed by atoms with Gasteiger partial charge in [0.25, 0.3) is 0 Å². The minimum atomic E-state index is -1.19. The highest BCUT2D eigenvalue weighted by Crippen LogP contribution is 2.11. The van der Waals surface area contributed by atoms with E-state index in [1.165, 1.54) is 0 Å².